The van der Waals surface area contributed by atoms with E-state index in [1.807, 2.05) is 30.3 Å². The second kappa shape index (κ2) is 6.72. The molecule has 0 amide bonds. The van der Waals surface area contributed by atoms with Gasteiger partial charge in [-0.2, -0.15) is 0 Å². The second-order valence-electron chi connectivity index (χ2n) is 4.24. The quantitative estimate of drug-likeness (QED) is 0.758. The normalized spacial score (nSPS) is 10.5. The molecule has 0 radical (unpaired) electrons. The van der Waals surface area contributed by atoms with Crippen LogP contribution < -0.4 is 0 Å². The zero-order chi connectivity index (χ0) is 12.8. The minimum atomic E-state index is 0.264. The number of thiophene rings is 1. The Hall–Kier alpha value is -1.12. The third-order valence-corrected chi connectivity index (χ3v) is 4.11. The first-order valence-electron chi connectivity index (χ1n) is 6.03. The van der Waals surface area contributed by atoms with Crippen molar-refractivity contribution in [1.82, 2.24) is 0 Å². The molecular weight excluding hydrogens is 264 g/mol. The number of ketones is 1. The lowest BCUT2D eigenvalue weighted by Crippen LogP contribution is -2.03. The largest absolute Gasteiger partial charge is 0.299 e. The van der Waals surface area contributed by atoms with Gasteiger partial charge in [-0.1, -0.05) is 35.9 Å². The van der Waals surface area contributed by atoms with E-state index in [4.69, 9.17) is 11.6 Å². The molecule has 2 aromatic rings. The van der Waals surface area contributed by atoms with E-state index in [1.165, 1.54) is 4.88 Å². The minimum Gasteiger partial charge on any atom is -0.299 e. The molecule has 1 aromatic carbocycles. The Morgan fingerprint density at radius 3 is 2.72 bits per heavy atom. The van der Waals surface area contributed by atoms with Gasteiger partial charge >= 0.3 is 0 Å². The summed E-state index contributed by atoms with van der Waals surface area (Å²) < 4.78 is 0. The predicted molar refractivity (Wildman–Crippen MR) is 77.4 cm³/mol. The van der Waals surface area contributed by atoms with E-state index in [0.717, 1.165) is 18.4 Å². The number of halogens is 1. The lowest BCUT2D eigenvalue weighted by molar-refractivity contribution is -0.118. The Bertz CT molecular complexity index is 505. The van der Waals surface area contributed by atoms with E-state index < -0.39 is 0 Å². The highest BCUT2D eigenvalue weighted by molar-refractivity contribution is 7.09. The monoisotopic (exact) mass is 278 g/mol. The van der Waals surface area contributed by atoms with Crippen LogP contribution in [0.4, 0.5) is 0 Å². The van der Waals surface area contributed by atoms with E-state index in [2.05, 4.69) is 11.4 Å². The van der Waals surface area contributed by atoms with Crippen molar-refractivity contribution in [2.24, 2.45) is 0 Å². The molecule has 0 N–H and O–H groups in total. The molecule has 0 aliphatic heterocycles. The van der Waals surface area contributed by atoms with Gasteiger partial charge in [0, 0.05) is 22.7 Å². The molecule has 1 nitrogen and oxygen atoms in total. The van der Waals surface area contributed by atoms with Gasteiger partial charge < -0.3 is 0 Å². The molecule has 0 saturated carbocycles. The zero-order valence-electron chi connectivity index (χ0n) is 10.1. The van der Waals surface area contributed by atoms with Gasteiger partial charge in [-0.25, -0.2) is 0 Å². The SMILES string of the molecule is O=C(CCCc1cccs1)Cc1ccccc1Cl. The van der Waals surface area contributed by atoms with Crippen LogP contribution >= 0.6 is 22.9 Å². The molecule has 0 spiro atoms. The van der Waals surface area contributed by atoms with Gasteiger partial charge in [-0.05, 0) is 35.9 Å². The first-order chi connectivity index (χ1) is 8.75. The topological polar surface area (TPSA) is 17.1 Å². The van der Waals surface area contributed by atoms with Crippen LogP contribution in [0.5, 0.6) is 0 Å². The number of benzene rings is 1. The molecule has 0 atom stereocenters. The van der Waals surface area contributed by atoms with Crippen LogP contribution in [0.15, 0.2) is 41.8 Å². The molecule has 2 rings (SSSR count). The summed E-state index contributed by atoms with van der Waals surface area (Å²) in [6.07, 6.45) is 2.99. The number of aryl methyl sites for hydroxylation is 1. The third-order valence-electron chi connectivity index (χ3n) is 2.80. The van der Waals surface area contributed by atoms with Gasteiger partial charge in [-0.3, -0.25) is 4.79 Å². The second-order valence-corrected chi connectivity index (χ2v) is 5.68. The average molecular weight is 279 g/mol. The summed E-state index contributed by atoms with van der Waals surface area (Å²) >= 11 is 7.78. The van der Waals surface area contributed by atoms with Gasteiger partial charge in [0.05, 0.1) is 0 Å². The molecule has 0 aliphatic carbocycles. The van der Waals surface area contributed by atoms with Gasteiger partial charge in [0.15, 0.2) is 0 Å². The maximum Gasteiger partial charge on any atom is 0.137 e. The van der Waals surface area contributed by atoms with Crippen molar-refractivity contribution in [2.45, 2.75) is 25.7 Å². The molecule has 18 heavy (non-hydrogen) atoms. The van der Waals surface area contributed by atoms with Gasteiger partial charge in [0.2, 0.25) is 0 Å². The fourth-order valence-electron chi connectivity index (χ4n) is 1.86. The Morgan fingerprint density at radius 2 is 2.00 bits per heavy atom. The van der Waals surface area contributed by atoms with Crippen molar-refractivity contribution in [2.75, 3.05) is 0 Å². The standard InChI is InChI=1S/C15H15ClOS/c16-15-9-2-1-5-12(15)11-13(17)6-3-7-14-8-4-10-18-14/h1-2,4-5,8-10H,3,6-7,11H2. The number of hydrogen-bond acceptors (Lipinski definition) is 2. The summed E-state index contributed by atoms with van der Waals surface area (Å²) in [5.41, 5.74) is 0.931. The first kappa shape index (κ1) is 13.3. The Labute approximate surface area is 116 Å². The van der Waals surface area contributed by atoms with E-state index >= 15 is 0 Å². The molecule has 94 valence electrons. The lowest BCUT2D eigenvalue weighted by Gasteiger charge is -2.03. The highest BCUT2D eigenvalue weighted by Gasteiger charge is 2.06. The first-order valence-corrected chi connectivity index (χ1v) is 7.29. The predicted octanol–water partition coefficient (Wildman–Crippen LogP) is 4.54. The van der Waals surface area contributed by atoms with Crippen molar-refractivity contribution in [3.8, 4) is 0 Å². The van der Waals surface area contributed by atoms with Crippen molar-refractivity contribution < 1.29 is 4.79 Å². The highest BCUT2D eigenvalue weighted by atomic mass is 35.5. The van der Waals surface area contributed by atoms with Crippen LogP contribution in [-0.4, -0.2) is 5.78 Å². The number of rotatable bonds is 6. The molecule has 0 unspecified atom stereocenters. The van der Waals surface area contributed by atoms with E-state index in [1.54, 1.807) is 11.3 Å². The maximum atomic E-state index is 11.8. The zero-order valence-corrected chi connectivity index (χ0v) is 11.6. The summed E-state index contributed by atoms with van der Waals surface area (Å²) in [5.74, 6) is 0.264. The van der Waals surface area contributed by atoms with E-state index in [-0.39, 0.29) is 5.78 Å². The molecule has 1 heterocycles. The van der Waals surface area contributed by atoms with Crippen LogP contribution in [0.1, 0.15) is 23.3 Å². The molecular formula is C15H15ClOS. The summed E-state index contributed by atoms with van der Waals surface area (Å²) in [7, 11) is 0. The lowest BCUT2D eigenvalue weighted by atomic mass is 10.0. The van der Waals surface area contributed by atoms with Gasteiger partial charge in [-0.15, -0.1) is 11.3 Å². The van der Waals surface area contributed by atoms with Crippen LogP contribution in [0.3, 0.4) is 0 Å². The van der Waals surface area contributed by atoms with Crippen LogP contribution in [-0.2, 0) is 17.6 Å². The number of carbonyl (C=O) groups excluding carboxylic acids is 1. The van der Waals surface area contributed by atoms with Crippen LogP contribution in [0.25, 0.3) is 0 Å². The Morgan fingerprint density at radius 1 is 1.17 bits per heavy atom. The van der Waals surface area contributed by atoms with Crippen molar-refractivity contribution in [3.05, 3.63) is 57.2 Å². The molecule has 1 aromatic heterocycles. The highest BCUT2D eigenvalue weighted by Crippen LogP contribution is 2.17. The summed E-state index contributed by atoms with van der Waals surface area (Å²) in [6.45, 7) is 0. The fourth-order valence-corrected chi connectivity index (χ4v) is 2.81. The fraction of sp³-hybridized carbons (Fsp3) is 0.267. The van der Waals surface area contributed by atoms with Crippen molar-refractivity contribution in [1.29, 1.82) is 0 Å². The number of Topliss-reactive ketones (excluding diaryl/α,β-unsaturated/α-hetero) is 1. The molecule has 0 bridgehead atoms. The maximum absolute atomic E-state index is 11.8. The summed E-state index contributed by atoms with van der Waals surface area (Å²) in [6, 6.07) is 11.7. The average Bonchev–Trinajstić information content (AvgIpc) is 2.85. The number of hydrogen-bond donors (Lipinski definition) is 0. The van der Waals surface area contributed by atoms with Crippen molar-refractivity contribution in [3.63, 3.8) is 0 Å². The van der Waals surface area contributed by atoms with Crippen LogP contribution in [0.2, 0.25) is 5.02 Å². The molecule has 0 saturated heterocycles. The summed E-state index contributed by atoms with van der Waals surface area (Å²) in [4.78, 5) is 13.2. The third kappa shape index (κ3) is 3.97. The van der Waals surface area contributed by atoms with Gasteiger partial charge in [0.25, 0.3) is 0 Å². The number of carbonyl (C=O) groups is 1. The van der Waals surface area contributed by atoms with E-state index in [9.17, 15) is 4.79 Å². The Balaban J connectivity index is 1.77. The van der Waals surface area contributed by atoms with Gasteiger partial charge in [0.1, 0.15) is 5.78 Å². The molecule has 0 fully saturated rings. The molecule has 3 heteroatoms. The van der Waals surface area contributed by atoms with E-state index in [0.29, 0.717) is 17.9 Å². The molecule has 0 aliphatic rings. The van der Waals surface area contributed by atoms with Crippen LogP contribution in [0, 0.1) is 0 Å². The smallest absolute Gasteiger partial charge is 0.137 e. The minimum absolute atomic E-state index is 0.264. The Kier molecular flexibility index (Phi) is 4.97. The van der Waals surface area contributed by atoms with Crippen molar-refractivity contribution >= 4 is 28.7 Å². The summed E-state index contributed by atoms with van der Waals surface area (Å²) in [5, 5.41) is 2.75.